The molecule has 1 aromatic carbocycles. The first-order valence-electron chi connectivity index (χ1n) is 4.00. The summed E-state index contributed by atoms with van der Waals surface area (Å²) in [5, 5.41) is 26.4. The van der Waals surface area contributed by atoms with Crippen molar-refractivity contribution in [2.75, 3.05) is 6.61 Å². The lowest BCUT2D eigenvalue weighted by Crippen LogP contribution is -2.15. The average molecular weight is 214 g/mol. The summed E-state index contributed by atoms with van der Waals surface area (Å²) in [6.45, 7) is -0.552. The van der Waals surface area contributed by atoms with Crippen molar-refractivity contribution in [3.63, 3.8) is 0 Å². The fourth-order valence-electron chi connectivity index (χ4n) is 1.10. The number of hydrogen-bond donors (Lipinski definition) is 3. The number of nitrogens with zero attached hydrogens (tertiary/aromatic N) is 1. The first kappa shape index (κ1) is 11.4. The number of phenols is 1. The lowest BCUT2D eigenvalue weighted by Gasteiger charge is -2.12. The summed E-state index contributed by atoms with van der Waals surface area (Å²) < 4.78 is 26.0. The minimum atomic E-state index is -1.53. The molecule has 80 valence electrons. The molecule has 0 spiro atoms. The zero-order valence-electron chi connectivity index (χ0n) is 7.54. The molecule has 0 aliphatic carbocycles. The highest BCUT2D eigenvalue weighted by Crippen LogP contribution is 2.29. The molecule has 4 nitrogen and oxygen atoms in total. The lowest BCUT2D eigenvalue weighted by molar-refractivity contribution is 0.263. The van der Waals surface area contributed by atoms with Crippen molar-refractivity contribution >= 4 is 0 Å². The maximum absolute atomic E-state index is 13.0. The summed E-state index contributed by atoms with van der Waals surface area (Å²) >= 11 is 0. The fourth-order valence-corrected chi connectivity index (χ4v) is 1.10. The van der Waals surface area contributed by atoms with Crippen LogP contribution in [0.3, 0.4) is 0 Å². The van der Waals surface area contributed by atoms with E-state index in [2.05, 4.69) is 0 Å². The largest absolute Gasteiger partial charge is 0.505 e. The van der Waals surface area contributed by atoms with Gasteiger partial charge in [0.2, 0.25) is 5.82 Å². The van der Waals surface area contributed by atoms with Crippen molar-refractivity contribution in [3.8, 4) is 11.8 Å². The molecule has 0 bridgehead atoms. The molecular weight excluding hydrogens is 206 g/mol. The number of aliphatic hydroxyl groups excluding tert-OH is 1. The van der Waals surface area contributed by atoms with E-state index in [1.54, 1.807) is 0 Å². The van der Waals surface area contributed by atoms with Crippen molar-refractivity contribution in [1.82, 2.24) is 0 Å². The van der Waals surface area contributed by atoms with Crippen LogP contribution < -0.4 is 5.73 Å². The Balaban J connectivity index is 3.43. The molecule has 0 unspecified atom stereocenters. The molecule has 4 N–H and O–H groups in total. The third-order valence-corrected chi connectivity index (χ3v) is 1.93. The van der Waals surface area contributed by atoms with Crippen molar-refractivity contribution in [2.24, 2.45) is 5.73 Å². The van der Waals surface area contributed by atoms with E-state index in [1.807, 2.05) is 0 Å². The Hall–Kier alpha value is -1.71. The quantitative estimate of drug-likeness (QED) is 0.669. The van der Waals surface area contributed by atoms with Crippen LogP contribution >= 0.6 is 0 Å². The first-order valence-corrected chi connectivity index (χ1v) is 4.00. The Morgan fingerprint density at radius 2 is 2.07 bits per heavy atom. The number of phenolic OH excluding ortho intramolecular Hbond substituents is 1. The maximum atomic E-state index is 13.0. The van der Waals surface area contributed by atoms with Gasteiger partial charge in [-0.2, -0.15) is 9.65 Å². The molecule has 6 heteroatoms. The lowest BCUT2D eigenvalue weighted by atomic mass is 10.0. The molecule has 0 fully saturated rings. The van der Waals surface area contributed by atoms with E-state index < -0.39 is 35.6 Å². The summed E-state index contributed by atoms with van der Waals surface area (Å²) in [6, 6.07) is 1.27. The highest BCUT2D eigenvalue weighted by molar-refractivity contribution is 5.45. The summed E-state index contributed by atoms with van der Waals surface area (Å²) in [5.74, 6) is -3.94. The van der Waals surface area contributed by atoms with Gasteiger partial charge in [0.25, 0.3) is 0 Å². The summed E-state index contributed by atoms with van der Waals surface area (Å²) in [5.41, 5.74) is 4.56. The van der Waals surface area contributed by atoms with Gasteiger partial charge in [-0.25, -0.2) is 4.39 Å². The smallest absolute Gasteiger partial charge is 0.202 e. The molecule has 1 rings (SSSR count). The van der Waals surface area contributed by atoms with Gasteiger partial charge >= 0.3 is 0 Å². The molecule has 0 aliphatic heterocycles. The van der Waals surface area contributed by atoms with Gasteiger partial charge < -0.3 is 15.9 Å². The van der Waals surface area contributed by atoms with Crippen molar-refractivity contribution in [3.05, 3.63) is 28.8 Å². The fraction of sp³-hybridized carbons (Fsp3) is 0.222. The number of halogens is 2. The van der Waals surface area contributed by atoms with Crippen LogP contribution in [0.2, 0.25) is 0 Å². The molecule has 15 heavy (non-hydrogen) atoms. The Morgan fingerprint density at radius 1 is 1.47 bits per heavy atom. The number of aromatic hydroxyl groups is 1. The zero-order chi connectivity index (χ0) is 11.6. The highest BCUT2D eigenvalue weighted by Gasteiger charge is 2.20. The minimum Gasteiger partial charge on any atom is -0.505 e. The van der Waals surface area contributed by atoms with Gasteiger partial charge in [-0.15, -0.1) is 0 Å². The molecule has 1 aromatic rings. The third-order valence-electron chi connectivity index (χ3n) is 1.93. The normalized spacial score (nSPS) is 12.2. The van der Waals surface area contributed by atoms with E-state index in [4.69, 9.17) is 16.1 Å². The van der Waals surface area contributed by atoms with Gasteiger partial charge in [-0.3, -0.25) is 0 Å². The van der Waals surface area contributed by atoms with Gasteiger partial charge in [-0.05, 0) is 6.07 Å². The third kappa shape index (κ3) is 1.88. The number of rotatable bonds is 2. The van der Waals surface area contributed by atoms with Crippen LogP contribution in [0.4, 0.5) is 8.78 Å². The van der Waals surface area contributed by atoms with E-state index >= 15 is 0 Å². The molecule has 0 aliphatic rings. The van der Waals surface area contributed by atoms with Gasteiger partial charge in [0.15, 0.2) is 11.6 Å². The number of nitrogens with two attached hydrogens (primary N) is 1. The van der Waals surface area contributed by atoms with E-state index in [0.717, 1.165) is 6.07 Å². The SMILES string of the molecule is N#Cc1cc([C@H](N)CO)c(O)c(F)c1F. The number of aliphatic hydroxyl groups is 1. The van der Waals surface area contributed by atoms with Crippen molar-refractivity contribution in [2.45, 2.75) is 6.04 Å². The van der Waals surface area contributed by atoms with Crippen LogP contribution in [0.15, 0.2) is 6.07 Å². The summed E-state index contributed by atoms with van der Waals surface area (Å²) in [6.07, 6.45) is 0. The maximum Gasteiger partial charge on any atom is 0.202 e. The van der Waals surface area contributed by atoms with Gasteiger partial charge in [-0.1, -0.05) is 0 Å². The predicted molar refractivity (Wildman–Crippen MR) is 46.8 cm³/mol. The first-order chi connectivity index (χ1) is 7.02. The number of benzene rings is 1. The Labute approximate surface area is 84.2 Å². The molecule has 0 aromatic heterocycles. The molecule has 0 radical (unpaired) electrons. The van der Waals surface area contributed by atoms with E-state index in [1.165, 1.54) is 6.07 Å². The molecule has 0 saturated carbocycles. The summed E-state index contributed by atoms with van der Waals surface area (Å²) in [4.78, 5) is 0. The summed E-state index contributed by atoms with van der Waals surface area (Å²) in [7, 11) is 0. The molecule has 0 heterocycles. The van der Waals surface area contributed by atoms with Crippen LogP contribution in [-0.4, -0.2) is 16.8 Å². The predicted octanol–water partition coefficient (Wildman–Crippen LogP) is 0.534. The second-order valence-electron chi connectivity index (χ2n) is 2.89. The van der Waals surface area contributed by atoms with Gasteiger partial charge in [0, 0.05) is 5.56 Å². The van der Waals surface area contributed by atoms with E-state index in [9.17, 15) is 13.9 Å². The Kier molecular flexibility index (Phi) is 3.19. The number of nitriles is 1. The molecule has 0 saturated heterocycles. The standard InChI is InChI=1S/C9H8F2N2O2/c10-7-4(2-12)1-5(6(13)3-14)9(15)8(7)11/h1,6,14-15H,3,13H2/t6-/m1/s1. The monoisotopic (exact) mass is 214 g/mol. The average Bonchev–Trinajstić information content (AvgIpc) is 2.25. The molecular formula is C9H8F2N2O2. The van der Waals surface area contributed by atoms with Gasteiger partial charge in [0.05, 0.1) is 18.2 Å². The second-order valence-corrected chi connectivity index (χ2v) is 2.89. The van der Waals surface area contributed by atoms with Crippen LogP contribution in [0.1, 0.15) is 17.2 Å². The van der Waals surface area contributed by atoms with E-state index in [-0.39, 0.29) is 5.56 Å². The van der Waals surface area contributed by atoms with Crippen LogP contribution in [0, 0.1) is 23.0 Å². The Morgan fingerprint density at radius 3 is 2.53 bits per heavy atom. The van der Waals surface area contributed by atoms with Crippen molar-refractivity contribution in [1.29, 1.82) is 5.26 Å². The molecule has 0 amide bonds. The minimum absolute atomic E-state index is 0.201. The highest BCUT2D eigenvalue weighted by atomic mass is 19.2. The number of hydrogen-bond acceptors (Lipinski definition) is 4. The van der Waals surface area contributed by atoms with Crippen LogP contribution in [0.25, 0.3) is 0 Å². The second kappa shape index (κ2) is 4.21. The molecule has 1 atom stereocenters. The van der Waals surface area contributed by atoms with Crippen LogP contribution in [-0.2, 0) is 0 Å². The van der Waals surface area contributed by atoms with Crippen LogP contribution in [0.5, 0.6) is 5.75 Å². The Bertz CT molecular complexity index is 429. The zero-order valence-corrected chi connectivity index (χ0v) is 7.54. The van der Waals surface area contributed by atoms with Crippen molar-refractivity contribution < 1.29 is 19.0 Å². The topological polar surface area (TPSA) is 90.3 Å². The van der Waals surface area contributed by atoms with E-state index in [0.29, 0.717) is 0 Å². The van der Waals surface area contributed by atoms with Gasteiger partial charge in [0.1, 0.15) is 6.07 Å².